The standard InChI is InChI=1S/C13H16ClN3O4/c1-3-7-16(8-11(18)15-2)13(19)9-5-4-6-10(14)12(9)17(20)21/h4-6H,3,7-8H2,1-2H3,(H,15,18). The Labute approximate surface area is 127 Å². The lowest BCUT2D eigenvalue weighted by Crippen LogP contribution is -2.40. The molecule has 0 spiro atoms. The van der Waals surface area contributed by atoms with Crippen LogP contribution in [-0.2, 0) is 4.79 Å². The van der Waals surface area contributed by atoms with Crippen LogP contribution in [-0.4, -0.2) is 41.8 Å². The van der Waals surface area contributed by atoms with Gasteiger partial charge in [-0.15, -0.1) is 0 Å². The molecule has 0 aromatic heterocycles. The highest BCUT2D eigenvalue weighted by atomic mass is 35.5. The van der Waals surface area contributed by atoms with Crippen LogP contribution in [0, 0.1) is 10.1 Å². The highest BCUT2D eigenvalue weighted by Crippen LogP contribution is 2.29. The van der Waals surface area contributed by atoms with Gasteiger partial charge >= 0.3 is 5.69 Å². The second-order valence-electron chi connectivity index (χ2n) is 4.29. The zero-order valence-corrected chi connectivity index (χ0v) is 12.5. The molecule has 0 aliphatic rings. The van der Waals surface area contributed by atoms with Crippen LogP contribution < -0.4 is 5.32 Å². The number of para-hydroxylation sites is 1. The minimum Gasteiger partial charge on any atom is -0.358 e. The highest BCUT2D eigenvalue weighted by Gasteiger charge is 2.27. The molecule has 0 aliphatic carbocycles. The van der Waals surface area contributed by atoms with Crippen LogP contribution in [0.15, 0.2) is 18.2 Å². The van der Waals surface area contributed by atoms with Gasteiger partial charge in [-0.1, -0.05) is 24.6 Å². The van der Waals surface area contributed by atoms with E-state index < -0.39 is 16.5 Å². The summed E-state index contributed by atoms with van der Waals surface area (Å²) in [5, 5.41) is 13.4. The van der Waals surface area contributed by atoms with Gasteiger partial charge < -0.3 is 10.2 Å². The molecule has 0 atom stereocenters. The number of nitrogens with zero attached hydrogens (tertiary/aromatic N) is 2. The number of likely N-dealkylation sites (N-methyl/N-ethyl adjacent to an activating group) is 1. The number of carbonyl (C=O) groups is 2. The predicted molar refractivity (Wildman–Crippen MR) is 78.4 cm³/mol. The van der Waals surface area contributed by atoms with Crippen LogP contribution in [0.25, 0.3) is 0 Å². The van der Waals surface area contributed by atoms with Gasteiger partial charge in [0.1, 0.15) is 10.6 Å². The van der Waals surface area contributed by atoms with E-state index in [0.29, 0.717) is 13.0 Å². The van der Waals surface area contributed by atoms with Crippen molar-refractivity contribution in [3.05, 3.63) is 38.9 Å². The number of halogens is 1. The van der Waals surface area contributed by atoms with Crippen molar-refractivity contribution in [2.75, 3.05) is 20.1 Å². The smallest absolute Gasteiger partial charge is 0.300 e. The number of hydrogen-bond donors (Lipinski definition) is 1. The van der Waals surface area contributed by atoms with Crippen molar-refractivity contribution < 1.29 is 14.5 Å². The molecular formula is C13H16ClN3O4. The quantitative estimate of drug-likeness (QED) is 0.640. The van der Waals surface area contributed by atoms with Gasteiger partial charge in [0.05, 0.1) is 11.5 Å². The first-order chi connectivity index (χ1) is 9.92. The summed E-state index contributed by atoms with van der Waals surface area (Å²) in [5.74, 6) is -0.934. The van der Waals surface area contributed by atoms with Gasteiger partial charge in [-0.3, -0.25) is 19.7 Å². The summed E-state index contributed by atoms with van der Waals surface area (Å²) in [7, 11) is 1.46. The third kappa shape index (κ3) is 4.16. The normalized spacial score (nSPS) is 10.0. The van der Waals surface area contributed by atoms with Crippen LogP contribution in [0.2, 0.25) is 5.02 Å². The number of amides is 2. The van der Waals surface area contributed by atoms with Crippen LogP contribution >= 0.6 is 11.6 Å². The zero-order chi connectivity index (χ0) is 16.0. The Hall–Kier alpha value is -2.15. The average molecular weight is 314 g/mol. The topological polar surface area (TPSA) is 92.6 Å². The molecule has 0 unspecified atom stereocenters. The maximum absolute atomic E-state index is 12.4. The average Bonchev–Trinajstić information content (AvgIpc) is 2.45. The largest absolute Gasteiger partial charge is 0.358 e. The van der Waals surface area contributed by atoms with E-state index >= 15 is 0 Å². The number of nitro benzene ring substituents is 1. The zero-order valence-electron chi connectivity index (χ0n) is 11.8. The fraction of sp³-hybridized carbons (Fsp3) is 0.385. The Morgan fingerprint density at radius 2 is 2.10 bits per heavy atom. The number of hydrogen-bond acceptors (Lipinski definition) is 4. The number of nitrogens with one attached hydrogen (secondary N) is 1. The lowest BCUT2D eigenvalue weighted by atomic mass is 10.1. The molecule has 0 saturated heterocycles. The van der Waals surface area contributed by atoms with Crippen molar-refractivity contribution in [2.24, 2.45) is 0 Å². The summed E-state index contributed by atoms with van der Waals surface area (Å²) in [6.45, 7) is 2.00. The molecule has 1 N–H and O–H groups in total. The van der Waals surface area contributed by atoms with Gasteiger partial charge in [-0.2, -0.15) is 0 Å². The Balaban J connectivity index is 3.17. The van der Waals surface area contributed by atoms with Crippen molar-refractivity contribution in [3.63, 3.8) is 0 Å². The van der Waals surface area contributed by atoms with Crippen molar-refractivity contribution in [3.8, 4) is 0 Å². The molecule has 2 amide bonds. The Kier molecular flexibility index (Phi) is 6.10. The van der Waals surface area contributed by atoms with E-state index in [-0.39, 0.29) is 23.0 Å². The Morgan fingerprint density at radius 3 is 2.62 bits per heavy atom. The monoisotopic (exact) mass is 313 g/mol. The Bertz CT molecular complexity index is 562. The van der Waals surface area contributed by atoms with Gasteiger partial charge in [0.2, 0.25) is 5.91 Å². The molecule has 0 radical (unpaired) electrons. The second kappa shape index (κ2) is 7.58. The van der Waals surface area contributed by atoms with Gasteiger partial charge in [-0.05, 0) is 18.6 Å². The molecule has 0 bridgehead atoms. The van der Waals surface area contributed by atoms with Crippen LogP contribution in [0.1, 0.15) is 23.7 Å². The maximum atomic E-state index is 12.4. The molecular weight excluding hydrogens is 298 g/mol. The number of carbonyl (C=O) groups excluding carboxylic acids is 2. The maximum Gasteiger partial charge on any atom is 0.300 e. The molecule has 8 heteroatoms. The highest BCUT2D eigenvalue weighted by molar-refractivity contribution is 6.33. The summed E-state index contributed by atoms with van der Waals surface area (Å²) < 4.78 is 0. The predicted octanol–water partition coefficient (Wildman–Crippen LogP) is 1.85. The van der Waals surface area contributed by atoms with E-state index in [1.807, 2.05) is 6.92 Å². The van der Waals surface area contributed by atoms with Crippen LogP contribution in [0.3, 0.4) is 0 Å². The van der Waals surface area contributed by atoms with E-state index in [1.165, 1.54) is 30.1 Å². The minimum atomic E-state index is -0.695. The molecule has 21 heavy (non-hydrogen) atoms. The third-order valence-electron chi connectivity index (χ3n) is 2.79. The molecule has 7 nitrogen and oxygen atoms in total. The summed E-state index contributed by atoms with van der Waals surface area (Å²) in [4.78, 5) is 35.5. The Morgan fingerprint density at radius 1 is 1.43 bits per heavy atom. The van der Waals surface area contributed by atoms with Crippen LogP contribution in [0.5, 0.6) is 0 Å². The summed E-state index contributed by atoms with van der Waals surface area (Å²) in [6.07, 6.45) is 0.622. The molecule has 0 fully saturated rings. The number of nitro groups is 1. The second-order valence-corrected chi connectivity index (χ2v) is 4.70. The lowest BCUT2D eigenvalue weighted by molar-refractivity contribution is -0.385. The fourth-order valence-corrected chi connectivity index (χ4v) is 2.06. The molecule has 1 aromatic rings. The van der Waals surface area contributed by atoms with E-state index in [9.17, 15) is 19.7 Å². The van der Waals surface area contributed by atoms with Gasteiger partial charge in [0.25, 0.3) is 5.91 Å². The molecule has 0 aliphatic heterocycles. The fourth-order valence-electron chi connectivity index (χ4n) is 1.82. The van der Waals surface area contributed by atoms with Crippen molar-refractivity contribution in [1.82, 2.24) is 10.2 Å². The van der Waals surface area contributed by atoms with E-state index in [0.717, 1.165) is 0 Å². The van der Waals surface area contributed by atoms with Gasteiger partial charge in [-0.25, -0.2) is 0 Å². The van der Waals surface area contributed by atoms with Crippen LogP contribution in [0.4, 0.5) is 5.69 Å². The van der Waals surface area contributed by atoms with E-state index in [2.05, 4.69) is 5.32 Å². The number of rotatable bonds is 6. The van der Waals surface area contributed by atoms with Gasteiger partial charge in [0, 0.05) is 13.6 Å². The van der Waals surface area contributed by atoms with Crippen molar-refractivity contribution in [1.29, 1.82) is 0 Å². The SMILES string of the molecule is CCCN(CC(=O)NC)C(=O)c1cccc(Cl)c1[N+](=O)[O-]. The molecule has 1 rings (SSSR count). The van der Waals surface area contributed by atoms with E-state index in [1.54, 1.807) is 0 Å². The first kappa shape index (κ1) is 16.9. The minimum absolute atomic E-state index is 0.109. The first-order valence-electron chi connectivity index (χ1n) is 6.35. The summed E-state index contributed by atoms with van der Waals surface area (Å²) >= 11 is 5.79. The van der Waals surface area contributed by atoms with Crippen molar-refractivity contribution in [2.45, 2.75) is 13.3 Å². The summed E-state index contributed by atoms with van der Waals surface area (Å²) in [6, 6.07) is 4.14. The third-order valence-corrected chi connectivity index (χ3v) is 3.10. The summed E-state index contributed by atoms with van der Waals surface area (Å²) in [5.41, 5.74) is -0.563. The van der Waals surface area contributed by atoms with Crippen molar-refractivity contribution >= 4 is 29.1 Å². The first-order valence-corrected chi connectivity index (χ1v) is 6.72. The molecule has 0 saturated carbocycles. The number of benzene rings is 1. The van der Waals surface area contributed by atoms with Gasteiger partial charge in [0.15, 0.2) is 0 Å². The molecule has 114 valence electrons. The molecule has 0 heterocycles. The lowest BCUT2D eigenvalue weighted by Gasteiger charge is -2.21. The molecule has 1 aromatic carbocycles. The van der Waals surface area contributed by atoms with E-state index in [4.69, 9.17) is 11.6 Å².